The highest BCUT2D eigenvalue weighted by Crippen LogP contribution is 2.33. The maximum absolute atomic E-state index is 13.1. The fraction of sp³-hybridized carbons (Fsp3) is 0.867. The van der Waals surface area contributed by atoms with Gasteiger partial charge >= 0.3 is 24.3 Å². The molecule has 1 fully saturated rings. The van der Waals surface area contributed by atoms with Crippen LogP contribution in [0.25, 0.3) is 0 Å². The predicted molar refractivity (Wildman–Crippen MR) is 114 cm³/mol. The summed E-state index contributed by atoms with van der Waals surface area (Å²) in [7, 11) is -13.8. The average Bonchev–Trinajstić information content (AvgIpc) is 2.62. The second-order valence-electron chi connectivity index (χ2n) is 7.73. The van der Waals surface area contributed by atoms with Crippen LogP contribution in [-0.4, -0.2) is 85.8 Å². The fourth-order valence-electron chi connectivity index (χ4n) is 2.98. The van der Waals surface area contributed by atoms with Gasteiger partial charge in [-0.3, -0.25) is 9.59 Å². The highest BCUT2D eigenvalue weighted by Gasteiger charge is 2.63. The van der Waals surface area contributed by atoms with Crippen molar-refractivity contribution in [3.8, 4) is 0 Å². The van der Waals surface area contributed by atoms with Crippen molar-refractivity contribution in [1.82, 2.24) is 8.61 Å². The maximum Gasteiger partial charge on any atom is 0.498 e. The van der Waals surface area contributed by atoms with Crippen LogP contribution in [0.2, 0.25) is 25.7 Å². The summed E-state index contributed by atoms with van der Waals surface area (Å²) in [5.41, 5.74) is -5.90. The Labute approximate surface area is 189 Å². The zero-order valence-electron chi connectivity index (χ0n) is 18.5. The lowest BCUT2D eigenvalue weighted by Crippen LogP contribution is -2.65. The molecule has 1 aliphatic heterocycles. The minimum atomic E-state index is -6.28. The van der Waals surface area contributed by atoms with E-state index in [0.29, 0.717) is 12.5 Å². The summed E-state index contributed by atoms with van der Waals surface area (Å²) in [6, 6.07) is 0.346. The Morgan fingerprint density at radius 3 is 1.97 bits per heavy atom. The third kappa shape index (κ3) is 6.31. The molecular formula is C15H29F3N2O8S2Si2. The topological polar surface area (TPSA) is 127 Å². The number of carbonyl (C=O) groups excluding carboxylic acids is 2. The summed E-state index contributed by atoms with van der Waals surface area (Å²) in [4.78, 5) is 25.1. The van der Waals surface area contributed by atoms with Gasteiger partial charge in [-0.1, -0.05) is 13.3 Å². The number of carbonyl (C=O) groups is 2. The van der Waals surface area contributed by atoms with Gasteiger partial charge in [-0.25, -0.2) is 17.0 Å². The Morgan fingerprint density at radius 1 is 1.09 bits per heavy atom. The normalized spacial score (nSPS) is 21.2. The van der Waals surface area contributed by atoms with Crippen molar-refractivity contribution in [2.75, 3.05) is 20.2 Å². The number of hydrogen-bond donors (Lipinski definition) is 0. The molecule has 1 heterocycles. The van der Waals surface area contributed by atoms with Crippen LogP contribution >= 0.6 is 0 Å². The second-order valence-corrected chi connectivity index (χ2v) is 17.9. The van der Waals surface area contributed by atoms with Crippen molar-refractivity contribution >= 4 is 49.5 Å². The Hall–Kier alpha value is -1.02. The highest BCUT2D eigenvalue weighted by molar-refractivity contribution is 7.95. The van der Waals surface area contributed by atoms with Gasteiger partial charge in [0, 0.05) is 20.2 Å². The maximum atomic E-state index is 13.1. The molecule has 1 rings (SSSR count). The molecule has 188 valence electrons. The molecule has 0 bridgehead atoms. The van der Waals surface area contributed by atoms with Crippen LogP contribution in [-0.2, 0) is 38.2 Å². The standard InChI is InChI=1S/C15H29F3N2O8S2Si2/c1-6-7-9-19-13(21)12(29(23,24)15(16,17)18)14(22)20(30(19,25)26)10-8-11-31(3)28-32(4,5)27-2/h12,31H,6-11H2,1-5H3. The number of sulfone groups is 1. The van der Waals surface area contributed by atoms with E-state index in [1.165, 1.54) is 7.11 Å². The van der Waals surface area contributed by atoms with Gasteiger partial charge in [-0.15, -0.1) is 0 Å². The number of halogens is 3. The van der Waals surface area contributed by atoms with E-state index in [2.05, 4.69) is 0 Å². The van der Waals surface area contributed by atoms with E-state index in [4.69, 9.17) is 8.54 Å². The molecule has 2 unspecified atom stereocenters. The van der Waals surface area contributed by atoms with Crippen LogP contribution in [0.1, 0.15) is 26.2 Å². The zero-order valence-corrected chi connectivity index (χ0v) is 22.3. The number of alkyl halides is 3. The SMILES string of the molecule is CCCCN1C(=O)C(S(=O)(=O)C(F)(F)F)C(=O)N(CCC[SiH](C)O[Si](C)(C)OC)S1(=O)=O. The highest BCUT2D eigenvalue weighted by atomic mass is 32.2. The Bertz CT molecular complexity index is 912. The lowest BCUT2D eigenvalue weighted by molar-refractivity contribution is -0.138. The minimum absolute atomic E-state index is 0.0289. The van der Waals surface area contributed by atoms with Gasteiger partial charge < -0.3 is 8.54 Å². The van der Waals surface area contributed by atoms with Crippen LogP contribution < -0.4 is 0 Å². The molecule has 0 N–H and O–H groups in total. The number of unbranched alkanes of at least 4 members (excludes halogenated alkanes) is 1. The third-order valence-electron chi connectivity index (χ3n) is 4.79. The number of hydrogen-bond acceptors (Lipinski definition) is 8. The Morgan fingerprint density at radius 2 is 1.56 bits per heavy atom. The summed E-state index contributed by atoms with van der Waals surface area (Å²) >= 11 is 0. The van der Waals surface area contributed by atoms with Gasteiger partial charge in [-0.2, -0.15) is 21.6 Å². The lowest BCUT2D eigenvalue weighted by atomic mass is 10.3. The quantitative estimate of drug-likeness (QED) is 0.281. The van der Waals surface area contributed by atoms with Gasteiger partial charge in [-0.05, 0) is 38.5 Å². The van der Waals surface area contributed by atoms with E-state index in [1.54, 1.807) is 20.0 Å². The van der Waals surface area contributed by atoms with Crippen molar-refractivity contribution in [2.24, 2.45) is 0 Å². The van der Waals surface area contributed by atoms with Crippen LogP contribution in [0.5, 0.6) is 0 Å². The van der Waals surface area contributed by atoms with Gasteiger partial charge in [0.05, 0.1) is 0 Å². The summed E-state index contributed by atoms with van der Waals surface area (Å²) in [5.74, 6) is -3.82. The lowest BCUT2D eigenvalue weighted by Gasteiger charge is -2.38. The van der Waals surface area contributed by atoms with Crippen LogP contribution in [0.4, 0.5) is 13.2 Å². The second kappa shape index (κ2) is 10.5. The fourth-order valence-corrected chi connectivity index (χ4v) is 11.3. The van der Waals surface area contributed by atoms with Gasteiger partial charge in [0.15, 0.2) is 9.04 Å². The Balaban J connectivity index is 3.22. The molecule has 0 aromatic rings. The van der Waals surface area contributed by atoms with E-state index in [-0.39, 0.29) is 21.5 Å². The Kier molecular flexibility index (Phi) is 9.52. The first kappa shape index (κ1) is 29.0. The minimum Gasteiger partial charge on any atom is -0.439 e. The van der Waals surface area contributed by atoms with E-state index in [0.717, 1.165) is 0 Å². The van der Waals surface area contributed by atoms with Gasteiger partial charge in [0.25, 0.3) is 21.7 Å². The van der Waals surface area contributed by atoms with Crippen molar-refractivity contribution < 1.29 is 48.1 Å². The molecule has 0 saturated carbocycles. The van der Waals surface area contributed by atoms with Gasteiger partial charge in [0.2, 0.25) is 5.25 Å². The van der Waals surface area contributed by atoms with Crippen LogP contribution in [0, 0.1) is 0 Å². The molecule has 2 amide bonds. The van der Waals surface area contributed by atoms with E-state index in [1.807, 2.05) is 6.55 Å². The molecule has 0 aliphatic carbocycles. The molecule has 0 aromatic heterocycles. The molecule has 0 aromatic carbocycles. The number of amides is 2. The molecule has 17 heteroatoms. The van der Waals surface area contributed by atoms with Crippen molar-refractivity contribution in [2.45, 2.75) is 62.6 Å². The summed E-state index contributed by atoms with van der Waals surface area (Å²) in [6.07, 6.45) is 0.491. The van der Waals surface area contributed by atoms with E-state index >= 15 is 0 Å². The van der Waals surface area contributed by atoms with E-state index < -0.39 is 73.3 Å². The predicted octanol–water partition coefficient (Wildman–Crippen LogP) is 1.11. The molecule has 1 saturated heterocycles. The summed E-state index contributed by atoms with van der Waals surface area (Å²) < 4.78 is 100. The van der Waals surface area contributed by atoms with Crippen molar-refractivity contribution in [1.29, 1.82) is 0 Å². The van der Waals surface area contributed by atoms with Crippen molar-refractivity contribution in [3.63, 3.8) is 0 Å². The third-order valence-corrected chi connectivity index (χ3v) is 14.4. The van der Waals surface area contributed by atoms with Crippen molar-refractivity contribution in [3.05, 3.63) is 0 Å². The molecule has 10 nitrogen and oxygen atoms in total. The first-order chi connectivity index (χ1) is 14.4. The number of nitrogens with zero attached hydrogens (tertiary/aromatic N) is 2. The molecule has 32 heavy (non-hydrogen) atoms. The smallest absolute Gasteiger partial charge is 0.439 e. The zero-order chi connectivity index (χ0) is 25.1. The molecule has 0 radical (unpaired) electrons. The first-order valence-corrected chi connectivity index (χ1v) is 18.1. The monoisotopic (exact) mass is 542 g/mol. The molecule has 1 aliphatic rings. The first-order valence-electron chi connectivity index (χ1n) is 9.85. The van der Waals surface area contributed by atoms with E-state index in [9.17, 15) is 39.6 Å². The van der Waals surface area contributed by atoms with Crippen LogP contribution in [0.15, 0.2) is 0 Å². The molecular weight excluding hydrogens is 513 g/mol. The van der Waals surface area contributed by atoms with Crippen LogP contribution in [0.3, 0.4) is 0 Å². The number of rotatable bonds is 11. The largest absolute Gasteiger partial charge is 0.498 e. The summed E-state index contributed by atoms with van der Waals surface area (Å²) in [5, 5.41) is -3.19. The molecule has 2 atom stereocenters. The molecule has 0 spiro atoms. The summed E-state index contributed by atoms with van der Waals surface area (Å²) in [6.45, 7) is 5.96. The van der Waals surface area contributed by atoms with Gasteiger partial charge in [0.1, 0.15) is 0 Å². The average molecular weight is 543 g/mol.